The van der Waals surface area contributed by atoms with E-state index in [9.17, 15) is 10.2 Å². The molecule has 4 saturated carbocycles. The van der Waals surface area contributed by atoms with Gasteiger partial charge in [-0.25, -0.2) is 0 Å². The van der Waals surface area contributed by atoms with Crippen molar-refractivity contribution in [1.82, 2.24) is 0 Å². The molecule has 0 aromatic rings. The maximum Gasteiger partial charge on any atom is 0.0864 e. The number of fused-ring (bicyclic) bond motifs is 5. The van der Waals surface area contributed by atoms with E-state index in [0.717, 1.165) is 61.7 Å². The molecule has 0 aromatic heterocycles. The smallest absolute Gasteiger partial charge is 0.0864 e. The van der Waals surface area contributed by atoms with Gasteiger partial charge in [0.25, 0.3) is 0 Å². The average molecular weight is 557 g/mol. The highest BCUT2D eigenvalue weighted by atomic mass is 16.3. The van der Waals surface area contributed by atoms with Gasteiger partial charge in [-0.15, -0.1) is 0 Å². The monoisotopic (exact) mass is 557 g/mol. The molecule has 2 heteroatoms. The van der Waals surface area contributed by atoms with Crippen LogP contribution in [0.1, 0.15) is 164 Å². The Balaban J connectivity index is 1.46. The topological polar surface area (TPSA) is 40.5 Å². The molecule has 0 spiro atoms. The van der Waals surface area contributed by atoms with Gasteiger partial charge in [-0.3, -0.25) is 0 Å². The lowest BCUT2D eigenvalue weighted by molar-refractivity contribution is -0.199. The van der Waals surface area contributed by atoms with Crippen molar-refractivity contribution in [2.75, 3.05) is 0 Å². The van der Waals surface area contributed by atoms with Crippen LogP contribution in [0.25, 0.3) is 0 Å². The number of rotatable bonds is 14. The Hall–Kier alpha value is -0.340. The van der Waals surface area contributed by atoms with Gasteiger partial charge in [0, 0.05) is 0 Å². The summed E-state index contributed by atoms with van der Waals surface area (Å²) in [6.45, 7) is 14.8. The van der Waals surface area contributed by atoms with Crippen LogP contribution in [0.5, 0.6) is 0 Å². The fourth-order valence-corrected chi connectivity index (χ4v) is 11.2. The molecule has 4 aliphatic carbocycles. The van der Waals surface area contributed by atoms with Gasteiger partial charge in [-0.1, -0.05) is 111 Å². The second kappa shape index (κ2) is 14.0. The minimum absolute atomic E-state index is 0.156. The SMILES string of the molecule is CCCCCCCCCC=CC1(O)C[C@H]2[C@@H]3CC[C@H]([C@H](C)CCCC(C)C)[C@@]3(C)CC[C@@H]2[C@@]2(C)CCC(O)CC12. The van der Waals surface area contributed by atoms with Crippen molar-refractivity contribution in [3.8, 4) is 0 Å². The maximum atomic E-state index is 12.5. The number of aliphatic hydroxyl groups is 2. The maximum absolute atomic E-state index is 12.5. The van der Waals surface area contributed by atoms with E-state index in [1.165, 1.54) is 89.9 Å². The van der Waals surface area contributed by atoms with Gasteiger partial charge in [0.15, 0.2) is 0 Å². The molecule has 4 rings (SSSR count). The molecule has 40 heavy (non-hydrogen) atoms. The summed E-state index contributed by atoms with van der Waals surface area (Å²) in [6.07, 6.45) is 28.2. The van der Waals surface area contributed by atoms with Crippen molar-refractivity contribution >= 4 is 0 Å². The molecular weight excluding hydrogens is 488 g/mol. The quantitative estimate of drug-likeness (QED) is 0.165. The van der Waals surface area contributed by atoms with Crippen molar-refractivity contribution in [3.05, 3.63) is 12.2 Å². The predicted octanol–water partition coefficient (Wildman–Crippen LogP) is 10.5. The molecule has 3 unspecified atom stereocenters. The lowest BCUT2D eigenvalue weighted by Gasteiger charge is -2.65. The summed E-state index contributed by atoms with van der Waals surface area (Å²) in [7, 11) is 0. The number of unbranched alkanes of at least 4 members (excludes halogenated alkanes) is 7. The van der Waals surface area contributed by atoms with Gasteiger partial charge in [0.2, 0.25) is 0 Å². The van der Waals surface area contributed by atoms with Gasteiger partial charge in [0.1, 0.15) is 0 Å². The lowest BCUT2D eigenvalue weighted by atomic mass is 9.41. The normalized spacial score (nSPS) is 42.1. The van der Waals surface area contributed by atoms with E-state index in [0.29, 0.717) is 11.3 Å². The molecule has 4 aliphatic rings. The summed E-state index contributed by atoms with van der Waals surface area (Å²) in [4.78, 5) is 0. The van der Waals surface area contributed by atoms with Crippen molar-refractivity contribution in [3.63, 3.8) is 0 Å². The van der Waals surface area contributed by atoms with Crippen molar-refractivity contribution in [2.24, 2.45) is 52.3 Å². The Bertz CT molecular complexity index is 803. The van der Waals surface area contributed by atoms with Crippen LogP contribution in [0, 0.1) is 52.3 Å². The molecule has 0 bridgehead atoms. The molecule has 0 saturated heterocycles. The van der Waals surface area contributed by atoms with Gasteiger partial charge in [-0.05, 0) is 116 Å². The Morgan fingerprint density at radius 3 is 2.20 bits per heavy atom. The largest absolute Gasteiger partial charge is 0.393 e. The molecule has 2 nitrogen and oxygen atoms in total. The van der Waals surface area contributed by atoms with Crippen LogP contribution in [0.2, 0.25) is 0 Å². The van der Waals surface area contributed by atoms with Gasteiger partial charge >= 0.3 is 0 Å². The second-order valence-electron chi connectivity index (χ2n) is 16.4. The third-order valence-electron chi connectivity index (χ3n) is 13.4. The first-order chi connectivity index (χ1) is 19.0. The lowest BCUT2D eigenvalue weighted by Crippen LogP contribution is -2.62. The molecule has 0 amide bonds. The van der Waals surface area contributed by atoms with Crippen molar-refractivity contribution in [2.45, 2.75) is 175 Å². The minimum atomic E-state index is -0.752. The summed E-state index contributed by atoms with van der Waals surface area (Å²) < 4.78 is 0. The van der Waals surface area contributed by atoms with Crippen molar-refractivity contribution < 1.29 is 10.2 Å². The summed E-state index contributed by atoms with van der Waals surface area (Å²) in [5.41, 5.74) is -0.154. The third kappa shape index (κ3) is 6.90. The standard InChI is InChI=1S/C38H68O2/c1-7-8-9-10-11-12-13-14-15-23-38(40)27-31-33-20-19-32(29(4)18-16-17-28(2)3)36(33,5)25-22-34(31)37(6)24-21-30(39)26-35(37)38/h15,23,28-35,39-40H,7-14,16-22,24-27H2,1-6H3/t29-,30?,31+,32-,33+,34+,35?,36-,37-,38?/m1/s1. The summed E-state index contributed by atoms with van der Waals surface area (Å²) in [6, 6.07) is 0. The zero-order valence-electron chi connectivity index (χ0n) is 27.6. The summed E-state index contributed by atoms with van der Waals surface area (Å²) in [5, 5.41) is 23.3. The van der Waals surface area contributed by atoms with Crippen LogP contribution in [0.4, 0.5) is 0 Å². The zero-order valence-corrected chi connectivity index (χ0v) is 27.6. The third-order valence-corrected chi connectivity index (χ3v) is 13.4. The molecule has 0 aliphatic heterocycles. The molecule has 10 atom stereocenters. The van der Waals surface area contributed by atoms with Crippen LogP contribution >= 0.6 is 0 Å². The van der Waals surface area contributed by atoms with Gasteiger partial charge in [0.05, 0.1) is 11.7 Å². The first kappa shape index (κ1) is 32.6. The Labute approximate surface area is 249 Å². The Morgan fingerprint density at radius 2 is 1.48 bits per heavy atom. The average Bonchev–Trinajstić information content (AvgIpc) is 3.26. The van der Waals surface area contributed by atoms with E-state index in [4.69, 9.17) is 0 Å². The molecule has 2 N–H and O–H groups in total. The highest BCUT2D eigenvalue weighted by Gasteiger charge is 2.65. The van der Waals surface area contributed by atoms with Crippen LogP contribution in [0.15, 0.2) is 12.2 Å². The number of hydrogen-bond donors (Lipinski definition) is 2. The zero-order chi connectivity index (χ0) is 29.0. The first-order valence-corrected chi connectivity index (χ1v) is 18.1. The van der Waals surface area contributed by atoms with Gasteiger partial charge < -0.3 is 10.2 Å². The highest BCUT2D eigenvalue weighted by molar-refractivity contribution is 5.19. The van der Waals surface area contributed by atoms with E-state index in [1.807, 2.05) is 0 Å². The van der Waals surface area contributed by atoms with E-state index in [2.05, 4.69) is 53.7 Å². The Morgan fingerprint density at radius 1 is 0.800 bits per heavy atom. The first-order valence-electron chi connectivity index (χ1n) is 18.1. The second-order valence-corrected chi connectivity index (χ2v) is 16.4. The number of allylic oxidation sites excluding steroid dienone is 1. The highest BCUT2D eigenvalue weighted by Crippen LogP contribution is 2.70. The van der Waals surface area contributed by atoms with Crippen LogP contribution in [-0.2, 0) is 0 Å². The Kier molecular flexibility index (Phi) is 11.4. The van der Waals surface area contributed by atoms with Crippen LogP contribution < -0.4 is 0 Å². The van der Waals surface area contributed by atoms with Crippen molar-refractivity contribution in [1.29, 1.82) is 0 Å². The molecular formula is C38H68O2. The predicted molar refractivity (Wildman–Crippen MR) is 171 cm³/mol. The van der Waals surface area contributed by atoms with E-state index in [1.54, 1.807) is 0 Å². The summed E-state index contributed by atoms with van der Waals surface area (Å²) >= 11 is 0. The number of aliphatic hydroxyl groups excluding tert-OH is 1. The fraction of sp³-hybridized carbons (Fsp3) is 0.947. The van der Waals surface area contributed by atoms with Crippen LogP contribution in [0.3, 0.4) is 0 Å². The van der Waals surface area contributed by atoms with E-state index in [-0.39, 0.29) is 17.4 Å². The number of hydrogen-bond acceptors (Lipinski definition) is 2. The molecule has 4 fully saturated rings. The molecule has 232 valence electrons. The molecule has 0 aromatic carbocycles. The van der Waals surface area contributed by atoms with Gasteiger partial charge in [-0.2, -0.15) is 0 Å². The minimum Gasteiger partial charge on any atom is -0.393 e. The van der Waals surface area contributed by atoms with E-state index >= 15 is 0 Å². The molecule has 0 radical (unpaired) electrons. The molecule has 0 heterocycles. The fourth-order valence-electron chi connectivity index (χ4n) is 11.2. The van der Waals surface area contributed by atoms with Crippen LogP contribution in [-0.4, -0.2) is 21.9 Å². The summed E-state index contributed by atoms with van der Waals surface area (Å²) in [5.74, 6) is 4.80. The van der Waals surface area contributed by atoms with E-state index < -0.39 is 5.60 Å².